The molecule has 1 amide bonds. The highest BCUT2D eigenvalue weighted by Crippen LogP contribution is 2.24. The quantitative estimate of drug-likeness (QED) is 0.236. The Kier molecular flexibility index (Phi) is 7.87. The number of rotatable bonds is 10. The number of hydrogen-bond acceptors (Lipinski definition) is 4. The van der Waals surface area contributed by atoms with Crippen molar-refractivity contribution >= 4 is 23.4 Å². The highest BCUT2D eigenvalue weighted by atomic mass is 32.2. The van der Waals surface area contributed by atoms with Crippen LogP contribution in [0.3, 0.4) is 0 Å². The van der Waals surface area contributed by atoms with E-state index in [0.29, 0.717) is 19.3 Å². The number of unbranched alkanes of at least 4 members (excludes halogenated alkanes) is 1. The van der Waals surface area contributed by atoms with Crippen molar-refractivity contribution in [1.29, 1.82) is 0 Å². The van der Waals surface area contributed by atoms with Gasteiger partial charge in [0.05, 0.1) is 5.69 Å². The van der Waals surface area contributed by atoms with Gasteiger partial charge in [0.1, 0.15) is 11.6 Å². The summed E-state index contributed by atoms with van der Waals surface area (Å²) in [5.41, 5.74) is 2.43. The van der Waals surface area contributed by atoms with Crippen LogP contribution in [0.4, 0.5) is 10.1 Å². The zero-order chi connectivity index (χ0) is 22.9. The van der Waals surface area contributed by atoms with Gasteiger partial charge in [-0.05, 0) is 42.7 Å². The van der Waals surface area contributed by atoms with Crippen LogP contribution in [0.2, 0.25) is 0 Å². The largest absolute Gasteiger partial charge is 0.324 e. The zero-order valence-electron chi connectivity index (χ0n) is 18.2. The Bertz CT molecular complexity index is 1180. The number of hydrogen-bond donors (Lipinski definition) is 1. The monoisotopic (exact) mass is 460 g/mol. The molecule has 1 aromatic heterocycles. The third-order valence-electron chi connectivity index (χ3n) is 5.10. The SMILES string of the molecule is O=C(CCCCSc1nnc(Cc2ccccc2)n1-c1ccccc1)Nc1ccccc1F. The molecule has 7 heteroatoms. The number of carbonyl (C=O) groups is 1. The Morgan fingerprint density at radius 2 is 1.58 bits per heavy atom. The molecule has 0 aliphatic carbocycles. The van der Waals surface area contributed by atoms with E-state index in [1.54, 1.807) is 30.0 Å². The molecule has 4 aromatic rings. The van der Waals surface area contributed by atoms with Crippen LogP contribution in [0.25, 0.3) is 5.69 Å². The summed E-state index contributed by atoms with van der Waals surface area (Å²) in [6.07, 6.45) is 2.59. The van der Waals surface area contributed by atoms with Crippen molar-refractivity contribution in [2.45, 2.75) is 30.8 Å². The minimum atomic E-state index is -0.423. The minimum Gasteiger partial charge on any atom is -0.324 e. The van der Waals surface area contributed by atoms with Gasteiger partial charge in [-0.2, -0.15) is 0 Å². The van der Waals surface area contributed by atoms with E-state index in [-0.39, 0.29) is 11.6 Å². The number of nitrogens with one attached hydrogen (secondary N) is 1. The van der Waals surface area contributed by atoms with Gasteiger partial charge in [-0.15, -0.1) is 10.2 Å². The van der Waals surface area contributed by atoms with E-state index in [1.165, 1.54) is 11.6 Å². The van der Waals surface area contributed by atoms with Crippen LogP contribution in [0.15, 0.2) is 90.1 Å². The maximum absolute atomic E-state index is 13.7. The molecule has 3 aromatic carbocycles. The van der Waals surface area contributed by atoms with Crippen molar-refractivity contribution in [2.24, 2.45) is 0 Å². The molecule has 0 fully saturated rings. The smallest absolute Gasteiger partial charge is 0.224 e. The fourth-order valence-electron chi connectivity index (χ4n) is 3.45. The van der Waals surface area contributed by atoms with E-state index < -0.39 is 5.82 Å². The first kappa shape index (κ1) is 22.7. The molecule has 0 spiro atoms. The van der Waals surface area contributed by atoms with Crippen LogP contribution in [-0.4, -0.2) is 26.4 Å². The molecule has 33 heavy (non-hydrogen) atoms. The summed E-state index contributed by atoms with van der Waals surface area (Å²) >= 11 is 1.63. The van der Waals surface area contributed by atoms with E-state index in [2.05, 4.69) is 44.3 Å². The second kappa shape index (κ2) is 11.4. The molecular weight excluding hydrogens is 435 g/mol. The van der Waals surface area contributed by atoms with Crippen molar-refractivity contribution in [2.75, 3.05) is 11.1 Å². The van der Waals surface area contributed by atoms with Crippen LogP contribution >= 0.6 is 11.8 Å². The van der Waals surface area contributed by atoms with Gasteiger partial charge in [0.2, 0.25) is 5.91 Å². The first-order chi connectivity index (χ1) is 16.2. The average Bonchev–Trinajstić information content (AvgIpc) is 3.23. The third-order valence-corrected chi connectivity index (χ3v) is 6.11. The van der Waals surface area contributed by atoms with Gasteiger partial charge in [0.25, 0.3) is 0 Å². The fourth-order valence-corrected chi connectivity index (χ4v) is 4.42. The second-order valence-corrected chi connectivity index (χ2v) is 8.63. The number of carbonyl (C=O) groups excluding carboxylic acids is 1. The van der Waals surface area contributed by atoms with Crippen LogP contribution < -0.4 is 5.32 Å². The Balaban J connectivity index is 1.34. The molecule has 0 saturated heterocycles. The molecule has 0 saturated carbocycles. The number of benzene rings is 3. The lowest BCUT2D eigenvalue weighted by molar-refractivity contribution is -0.116. The molecule has 5 nitrogen and oxygen atoms in total. The van der Waals surface area contributed by atoms with Crippen LogP contribution in [0, 0.1) is 5.82 Å². The molecule has 0 unspecified atom stereocenters. The number of thioether (sulfide) groups is 1. The number of halogens is 1. The highest BCUT2D eigenvalue weighted by Gasteiger charge is 2.15. The molecule has 0 aliphatic heterocycles. The number of amides is 1. The van der Waals surface area contributed by atoms with Gasteiger partial charge in [-0.3, -0.25) is 9.36 Å². The van der Waals surface area contributed by atoms with Crippen molar-refractivity contribution < 1.29 is 9.18 Å². The summed E-state index contributed by atoms with van der Waals surface area (Å²) in [5, 5.41) is 12.4. The first-order valence-corrected chi connectivity index (χ1v) is 11.9. The van der Waals surface area contributed by atoms with E-state index in [4.69, 9.17) is 0 Å². The molecule has 1 N–H and O–H groups in total. The summed E-state index contributed by atoms with van der Waals surface area (Å²) in [6, 6.07) is 26.5. The highest BCUT2D eigenvalue weighted by molar-refractivity contribution is 7.99. The summed E-state index contributed by atoms with van der Waals surface area (Å²) in [7, 11) is 0. The van der Waals surface area contributed by atoms with E-state index in [1.807, 2.05) is 36.4 Å². The van der Waals surface area contributed by atoms with Gasteiger partial charge in [-0.1, -0.05) is 72.4 Å². The van der Waals surface area contributed by atoms with Gasteiger partial charge in [0.15, 0.2) is 5.16 Å². The standard InChI is InChI=1S/C26H25FN4OS/c27-22-15-7-8-16-23(22)28-25(32)17-9-10-18-33-26-30-29-24(19-20-11-3-1-4-12-20)31(26)21-13-5-2-6-14-21/h1-8,11-16H,9-10,17-19H2,(H,28,32). The number of para-hydroxylation sites is 2. The topological polar surface area (TPSA) is 59.8 Å². The maximum Gasteiger partial charge on any atom is 0.224 e. The molecule has 4 rings (SSSR count). The predicted molar refractivity (Wildman–Crippen MR) is 130 cm³/mol. The second-order valence-electron chi connectivity index (χ2n) is 7.57. The molecule has 0 atom stereocenters. The van der Waals surface area contributed by atoms with Gasteiger partial charge >= 0.3 is 0 Å². The number of nitrogens with zero attached hydrogens (tertiary/aromatic N) is 3. The van der Waals surface area contributed by atoms with Crippen LogP contribution in [0.1, 0.15) is 30.7 Å². The Morgan fingerprint density at radius 3 is 2.33 bits per heavy atom. The fraction of sp³-hybridized carbons (Fsp3) is 0.192. The van der Waals surface area contributed by atoms with Crippen LogP contribution in [-0.2, 0) is 11.2 Å². The van der Waals surface area contributed by atoms with E-state index in [9.17, 15) is 9.18 Å². The molecule has 168 valence electrons. The van der Waals surface area contributed by atoms with E-state index in [0.717, 1.165) is 28.8 Å². The molecule has 0 radical (unpaired) electrons. The van der Waals surface area contributed by atoms with Crippen molar-refractivity contribution in [1.82, 2.24) is 14.8 Å². The van der Waals surface area contributed by atoms with E-state index >= 15 is 0 Å². The van der Waals surface area contributed by atoms with Gasteiger partial charge < -0.3 is 5.32 Å². The summed E-state index contributed by atoms with van der Waals surface area (Å²) < 4.78 is 15.8. The summed E-state index contributed by atoms with van der Waals surface area (Å²) in [5.74, 6) is 1.10. The summed E-state index contributed by atoms with van der Waals surface area (Å²) in [4.78, 5) is 12.1. The third kappa shape index (κ3) is 6.29. The lowest BCUT2D eigenvalue weighted by Crippen LogP contribution is -2.12. The molecule has 1 heterocycles. The van der Waals surface area contributed by atoms with Crippen molar-refractivity contribution in [3.8, 4) is 5.69 Å². The Labute approximate surface area is 197 Å². The van der Waals surface area contributed by atoms with Crippen molar-refractivity contribution in [3.63, 3.8) is 0 Å². The summed E-state index contributed by atoms with van der Waals surface area (Å²) in [6.45, 7) is 0. The molecule has 0 bridgehead atoms. The number of anilines is 1. The van der Waals surface area contributed by atoms with Crippen molar-refractivity contribution in [3.05, 3.63) is 102 Å². The molecular formula is C26H25FN4OS. The Hall–Kier alpha value is -3.45. The maximum atomic E-state index is 13.7. The lowest BCUT2D eigenvalue weighted by Gasteiger charge is -2.10. The average molecular weight is 461 g/mol. The minimum absolute atomic E-state index is 0.178. The van der Waals surface area contributed by atoms with Gasteiger partial charge in [0, 0.05) is 24.3 Å². The van der Waals surface area contributed by atoms with Gasteiger partial charge in [-0.25, -0.2) is 4.39 Å². The molecule has 0 aliphatic rings. The number of aromatic nitrogens is 3. The zero-order valence-corrected chi connectivity index (χ0v) is 19.0. The Morgan fingerprint density at radius 1 is 0.879 bits per heavy atom. The predicted octanol–water partition coefficient (Wildman–Crippen LogP) is 5.90. The van der Waals surface area contributed by atoms with Crippen LogP contribution in [0.5, 0.6) is 0 Å². The lowest BCUT2D eigenvalue weighted by atomic mass is 10.1. The normalized spacial score (nSPS) is 10.8. The first-order valence-electron chi connectivity index (χ1n) is 10.9.